The molecule has 2 unspecified atom stereocenters. The molecule has 0 aromatic rings. The standard InChI is InChI=1S/C26H55NO4Si2/c1-11-16-20-32(7,8)26(14-4,15-5)31-33(9,10)25(6,13-3)18-17-19-30-22-23(28)21-27-24(29)12-2/h12,23,28H,2,11,13-22H2,1,3-10H3,(H,27,29). The smallest absolute Gasteiger partial charge is 0.243 e. The first-order valence-electron chi connectivity index (χ1n) is 13.2. The predicted octanol–water partition coefficient (Wildman–Crippen LogP) is 6.44. The van der Waals surface area contributed by atoms with E-state index in [0.717, 1.165) is 32.1 Å². The monoisotopic (exact) mass is 501 g/mol. The quantitative estimate of drug-likeness (QED) is 0.121. The van der Waals surface area contributed by atoms with Crippen molar-refractivity contribution in [3.05, 3.63) is 12.7 Å². The molecule has 0 aromatic carbocycles. The Bertz CT molecular complexity index is 579. The Morgan fingerprint density at radius 1 is 1.09 bits per heavy atom. The molecule has 0 saturated heterocycles. The highest BCUT2D eigenvalue weighted by Crippen LogP contribution is 2.50. The number of carbonyl (C=O) groups is 1. The molecule has 0 aromatic heterocycles. The zero-order valence-corrected chi connectivity index (χ0v) is 25.3. The van der Waals surface area contributed by atoms with Crippen LogP contribution in [0, 0.1) is 0 Å². The Kier molecular flexibility index (Phi) is 14.6. The number of aliphatic hydroxyl groups excluding tert-OH is 1. The summed E-state index contributed by atoms with van der Waals surface area (Å²) in [4.78, 5) is 11.2. The first-order valence-corrected chi connectivity index (χ1v) is 19.3. The summed E-state index contributed by atoms with van der Waals surface area (Å²) in [5.41, 5.74) is 0. The molecule has 0 saturated carbocycles. The van der Waals surface area contributed by atoms with Gasteiger partial charge in [0.2, 0.25) is 5.91 Å². The lowest BCUT2D eigenvalue weighted by Crippen LogP contribution is -2.62. The van der Waals surface area contributed by atoms with Gasteiger partial charge in [-0.1, -0.05) is 79.6 Å². The number of ether oxygens (including phenoxy) is 1. The zero-order chi connectivity index (χ0) is 25.8. The van der Waals surface area contributed by atoms with Crippen molar-refractivity contribution in [1.82, 2.24) is 5.32 Å². The van der Waals surface area contributed by atoms with E-state index in [9.17, 15) is 9.90 Å². The van der Waals surface area contributed by atoms with Crippen LogP contribution in [0.15, 0.2) is 12.7 Å². The molecule has 0 radical (unpaired) electrons. The Morgan fingerprint density at radius 3 is 2.18 bits per heavy atom. The third kappa shape index (κ3) is 9.59. The second-order valence-corrected chi connectivity index (χ2v) is 20.6. The van der Waals surface area contributed by atoms with Crippen molar-refractivity contribution in [3.63, 3.8) is 0 Å². The molecule has 2 N–H and O–H groups in total. The lowest BCUT2D eigenvalue weighted by molar-refractivity contribution is -0.117. The van der Waals surface area contributed by atoms with Gasteiger partial charge in [-0.2, -0.15) is 0 Å². The number of hydrogen-bond acceptors (Lipinski definition) is 4. The van der Waals surface area contributed by atoms with Crippen LogP contribution in [0.1, 0.15) is 79.6 Å². The van der Waals surface area contributed by atoms with E-state index < -0.39 is 22.5 Å². The molecule has 0 aliphatic carbocycles. The van der Waals surface area contributed by atoms with E-state index in [-0.39, 0.29) is 29.3 Å². The zero-order valence-electron chi connectivity index (χ0n) is 23.3. The summed E-state index contributed by atoms with van der Waals surface area (Å²) in [6, 6.07) is 1.34. The fraction of sp³-hybridized carbons (Fsp3) is 0.885. The maximum atomic E-state index is 11.2. The topological polar surface area (TPSA) is 67.8 Å². The molecule has 0 spiro atoms. The third-order valence-corrected chi connectivity index (χ3v) is 17.7. The van der Waals surface area contributed by atoms with Gasteiger partial charge in [0.25, 0.3) is 0 Å². The lowest BCUT2D eigenvalue weighted by Gasteiger charge is -2.53. The van der Waals surface area contributed by atoms with Crippen LogP contribution in [0.25, 0.3) is 0 Å². The summed E-state index contributed by atoms with van der Waals surface area (Å²) in [5, 5.41) is 12.8. The maximum absolute atomic E-state index is 11.2. The van der Waals surface area contributed by atoms with Gasteiger partial charge in [-0.05, 0) is 49.9 Å². The highest BCUT2D eigenvalue weighted by molar-refractivity contribution is 6.82. The normalized spacial score (nSPS) is 15.7. The van der Waals surface area contributed by atoms with Gasteiger partial charge in [-0.15, -0.1) is 0 Å². The predicted molar refractivity (Wildman–Crippen MR) is 147 cm³/mol. The van der Waals surface area contributed by atoms with Gasteiger partial charge in [-0.25, -0.2) is 0 Å². The van der Waals surface area contributed by atoms with E-state index in [2.05, 4.69) is 72.7 Å². The number of nitrogens with one attached hydrogen (secondary N) is 1. The number of hydrogen-bond donors (Lipinski definition) is 2. The van der Waals surface area contributed by atoms with Crippen LogP contribution in [0.3, 0.4) is 0 Å². The van der Waals surface area contributed by atoms with Gasteiger partial charge >= 0.3 is 0 Å². The molecule has 7 heteroatoms. The highest BCUT2D eigenvalue weighted by atomic mass is 28.4. The van der Waals surface area contributed by atoms with Crippen LogP contribution >= 0.6 is 0 Å². The number of rotatable bonds is 19. The van der Waals surface area contributed by atoms with Crippen LogP contribution < -0.4 is 5.32 Å². The Balaban J connectivity index is 5.06. The fourth-order valence-corrected chi connectivity index (χ4v) is 13.6. The van der Waals surface area contributed by atoms with E-state index in [1.54, 1.807) is 0 Å². The molecule has 196 valence electrons. The summed E-state index contributed by atoms with van der Waals surface area (Å²) in [6.45, 7) is 26.0. The average molecular weight is 502 g/mol. The van der Waals surface area contributed by atoms with E-state index in [4.69, 9.17) is 9.16 Å². The molecule has 0 rings (SSSR count). The van der Waals surface area contributed by atoms with E-state index in [1.807, 2.05) is 0 Å². The van der Waals surface area contributed by atoms with Crippen LogP contribution in [-0.4, -0.2) is 58.5 Å². The molecule has 33 heavy (non-hydrogen) atoms. The van der Waals surface area contributed by atoms with Crippen LogP contribution in [-0.2, 0) is 14.0 Å². The minimum absolute atomic E-state index is 0.0464. The second kappa shape index (κ2) is 14.8. The van der Waals surface area contributed by atoms with Crippen molar-refractivity contribution in [1.29, 1.82) is 0 Å². The van der Waals surface area contributed by atoms with Crippen molar-refractivity contribution in [2.75, 3.05) is 19.8 Å². The Labute approximate surface area is 207 Å². The molecular formula is C26H55NO4Si2. The molecule has 2 atom stereocenters. The summed E-state index contributed by atoms with van der Waals surface area (Å²) < 4.78 is 13.1. The van der Waals surface area contributed by atoms with E-state index >= 15 is 0 Å². The number of amides is 1. The van der Waals surface area contributed by atoms with Gasteiger partial charge in [0.1, 0.15) is 0 Å². The molecule has 1 amide bonds. The minimum Gasteiger partial charge on any atom is -0.414 e. The molecule has 0 heterocycles. The maximum Gasteiger partial charge on any atom is 0.243 e. The van der Waals surface area contributed by atoms with Crippen LogP contribution in [0.5, 0.6) is 0 Å². The SMILES string of the molecule is C=CC(=O)NCC(O)COCCCC(C)(CC)[Si](C)(C)OC(CC)(CC)[Si](C)(C)CCCC. The van der Waals surface area contributed by atoms with Crippen LogP contribution in [0.4, 0.5) is 0 Å². The average Bonchev–Trinajstić information content (AvgIpc) is 2.78. The van der Waals surface area contributed by atoms with Gasteiger partial charge in [0.05, 0.1) is 20.8 Å². The molecule has 0 aliphatic rings. The van der Waals surface area contributed by atoms with Crippen molar-refractivity contribution < 1.29 is 19.1 Å². The summed E-state index contributed by atoms with van der Waals surface area (Å²) in [6.07, 6.45) is 8.36. The Hall–Kier alpha value is -0.476. The van der Waals surface area contributed by atoms with Gasteiger partial charge in [-0.3, -0.25) is 4.79 Å². The number of unbranched alkanes of at least 4 members (excludes halogenated alkanes) is 1. The fourth-order valence-electron chi connectivity index (χ4n) is 4.98. The number of carbonyl (C=O) groups excluding carboxylic acids is 1. The van der Waals surface area contributed by atoms with E-state index in [0.29, 0.717) is 6.61 Å². The first kappa shape index (κ1) is 32.5. The van der Waals surface area contributed by atoms with Crippen molar-refractivity contribution in [3.8, 4) is 0 Å². The molecule has 0 bridgehead atoms. The summed E-state index contributed by atoms with van der Waals surface area (Å²) in [7, 11) is -3.58. The van der Waals surface area contributed by atoms with Gasteiger partial charge in [0.15, 0.2) is 8.32 Å². The lowest BCUT2D eigenvalue weighted by atomic mass is 10.0. The Morgan fingerprint density at radius 2 is 1.70 bits per heavy atom. The van der Waals surface area contributed by atoms with Crippen LogP contribution in [0.2, 0.25) is 37.3 Å². The minimum atomic E-state index is -2.02. The highest BCUT2D eigenvalue weighted by Gasteiger charge is 2.52. The summed E-state index contributed by atoms with van der Waals surface area (Å²) in [5.74, 6) is -0.281. The van der Waals surface area contributed by atoms with Crippen molar-refractivity contribution in [2.45, 2.75) is 128 Å². The largest absolute Gasteiger partial charge is 0.414 e. The van der Waals surface area contributed by atoms with Crippen molar-refractivity contribution >= 4 is 22.3 Å². The second-order valence-electron chi connectivity index (χ2n) is 11.0. The van der Waals surface area contributed by atoms with Gasteiger partial charge in [0, 0.05) is 18.4 Å². The third-order valence-electron chi connectivity index (χ3n) is 8.24. The molecule has 5 nitrogen and oxygen atoms in total. The van der Waals surface area contributed by atoms with Crippen molar-refractivity contribution in [2.24, 2.45) is 0 Å². The van der Waals surface area contributed by atoms with E-state index in [1.165, 1.54) is 25.0 Å². The van der Waals surface area contributed by atoms with Gasteiger partial charge < -0.3 is 19.6 Å². The number of aliphatic hydroxyl groups is 1. The summed E-state index contributed by atoms with van der Waals surface area (Å²) >= 11 is 0. The molecular weight excluding hydrogens is 446 g/mol. The molecule has 0 aliphatic heterocycles. The first-order chi connectivity index (χ1) is 15.3. The molecule has 0 fully saturated rings.